The van der Waals surface area contributed by atoms with Crippen molar-refractivity contribution in [1.82, 2.24) is 5.32 Å². The fraction of sp³-hybridized carbons (Fsp3) is 0.750. The summed E-state index contributed by atoms with van der Waals surface area (Å²) in [5, 5.41) is 3.35. The van der Waals surface area contributed by atoms with Gasteiger partial charge < -0.3 is 5.32 Å². The molecule has 0 aliphatic rings. The molecule has 9 heavy (non-hydrogen) atoms. The molecular formula is C8H17N. The molecule has 0 rings (SSSR count). The maximum Gasteiger partial charge on any atom is 0.0221 e. The summed E-state index contributed by atoms with van der Waals surface area (Å²) in [4.78, 5) is 0. The molecule has 0 saturated carbocycles. The quantitative estimate of drug-likeness (QED) is 0.569. The molecule has 1 N–H and O–H groups in total. The SMILES string of the molecule is C/C=C/C(C)NCCC. The van der Waals surface area contributed by atoms with Gasteiger partial charge in [-0.1, -0.05) is 19.1 Å². The van der Waals surface area contributed by atoms with Gasteiger partial charge in [-0.25, -0.2) is 0 Å². The van der Waals surface area contributed by atoms with Crippen molar-refractivity contribution in [1.29, 1.82) is 0 Å². The van der Waals surface area contributed by atoms with E-state index < -0.39 is 0 Å². The number of nitrogens with one attached hydrogen (secondary N) is 1. The Hall–Kier alpha value is -0.300. The molecule has 1 nitrogen and oxygen atoms in total. The molecule has 1 heteroatoms. The highest BCUT2D eigenvalue weighted by molar-refractivity contribution is 4.87. The van der Waals surface area contributed by atoms with E-state index in [0.717, 1.165) is 6.54 Å². The molecule has 0 radical (unpaired) electrons. The number of hydrogen-bond acceptors (Lipinski definition) is 1. The summed E-state index contributed by atoms with van der Waals surface area (Å²) >= 11 is 0. The lowest BCUT2D eigenvalue weighted by molar-refractivity contribution is 0.623. The first-order chi connectivity index (χ1) is 4.31. The van der Waals surface area contributed by atoms with E-state index in [1.165, 1.54) is 6.42 Å². The van der Waals surface area contributed by atoms with Gasteiger partial charge in [0.2, 0.25) is 0 Å². The van der Waals surface area contributed by atoms with Gasteiger partial charge in [-0.15, -0.1) is 0 Å². The van der Waals surface area contributed by atoms with Crippen LogP contribution >= 0.6 is 0 Å². The largest absolute Gasteiger partial charge is 0.311 e. The Morgan fingerprint density at radius 3 is 2.67 bits per heavy atom. The van der Waals surface area contributed by atoms with E-state index >= 15 is 0 Å². The lowest BCUT2D eigenvalue weighted by Crippen LogP contribution is -2.24. The maximum atomic E-state index is 3.35. The second-order valence-corrected chi connectivity index (χ2v) is 2.27. The second kappa shape index (κ2) is 5.83. The summed E-state index contributed by atoms with van der Waals surface area (Å²) in [7, 11) is 0. The summed E-state index contributed by atoms with van der Waals surface area (Å²) in [5.74, 6) is 0. The van der Waals surface area contributed by atoms with E-state index in [4.69, 9.17) is 0 Å². The molecule has 0 amide bonds. The van der Waals surface area contributed by atoms with Crippen LogP contribution in [0.15, 0.2) is 12.2 Å². The van der Waals surface area contributed by atoms with E-state index in [2.05, 4.69) is 31.3 Å². The van der Waals surface area contributed by atoms with Gasteiger partial charge in [-0.3, -0.25) is 0 Å². The molecular weight excluding hydrogens is 110 g/mol. The molecule has 54 valence electrons. The molecule has 0 aromatic rings. The Kier molecular flexibility index (Phi) is 5.64. The fourth-order valence-corrected chi connectivity index (χ4v) is 0.729. The molecule has 0 heterocycles. The summed E-state index contributed by atoms with van der Waals surface area (Å²) in [6.07, 6.45) is 5.45. The standard InChI is InChI=1S/C8H17N/c1-4-6-8(3)9-7-5-2/h4,6,8-9H,5,7H2,1-3H3/b6-4+. The highest BCUT2D eigenvalue weighted by atomic mass is 14.9. The third-order valence-electron chi connectivity index (χ3n) is 1.20. The van der Waals surface area contributed by atoms with Crippen LogP contribution in [-0.4, -0.2) is 12.6 Å². The third-order valence-corrected chi connectivity index (χ3v) is 1.20. The maximum absolute atomic E-state index is 3.35. The van der Waals surface area contributed by atoms with Crippen LogP contribution in [0, 0.1) is 0 Å². The van der Waals surface area contributed by atoms with E-state index in [0.29, 0.717) is 6.04 Å². The van der Waals surface area contributed by atoms with E-state index in [1.807, 2.05) is 6.92 Å². The van der Waals surface area contributed by atoms with E-state index in [1.54, 1.807) is 0 Å². The first-order valence-electron chi connectivity index (χ1n) is 3.67. The number of rotatable bonds is 4. The molecule has 0 aliphatic heterocycles. The molecule has 0 aromatic heterocycles. The van der Waals surface area contributed by atoms with Crippen LogP contribution in [0.25, 0.3) is 0 Å². The minimum atomic E-state index is 0.537. The van der Waals surface area contributed by atoms with Crippen molar-refractivity contribution in [3.63, 3.8) is 0 Å². The minimum absolute atomic E-state index is 0.537. The Labute approximate surface area is 58.2 Å². The van der Waals surface area contributed by atoms with Crippen LogP contribution in [-0.2, 0) is 0 Å². The van der Waals surface area contributed by atoms with Crippen molar-refractivity contribution >= 4 is 0 Å². The third kappa shape index (κ3) is 5.57. The fourth-order valence-electron chi connectivity index (χ4n) is 0.729. The predicted molar refractivity (Wildman–Crippen MR) is 42.6 cm³/mol. The van der Waals surface area contributed by atoms with Crippen molar-refractivity contribution < 1.29 is 0 Å². The molecule has 0 aromatic carbocycles. The topological polar surface area (TPSA) is 12.0 Å². The normalized spacial score (nSPS) is 14.6. The van der Waals surface area contributed by atoms with Crippen LogP contribution < -0.4 is 5.32 Å². The van der Waals surface area contributed by atoms with E-state index in [-0.39, 0.29) is 0 Å². The first-order valence-corrected chi connectivity index (χ1v) is 3.67. The van der Waals surface area contributed by atoms with Crippen LogP contribution in [0.4, 0.5) is 0 Å². The van der Waals surface area contributed by atoms with Gasteiger partial charge in [0.1, 0.15) is 0 Å². The smallest absolute Gasteiger partial charge is 0.0221 e. The minimum Gasteiger partial charge on any atom is -0.311 e. The van der Waals surface area contributed by atoms with E-state index in [9.17, 15) is 0 Å². The molecule has 0 fully saturated rings. The van der Waals surface area contributed by atoms with Crippen LogP contribution in [0.5, 0.6) is 0 Å². The van der Waals surface area contributed by atoms with Crippen LogP contribution in [0.3, 0.4) is 0 Å². The predicted octanol–water partition coefficient (Wildman–Crippen LogP) is 1.95. The van der Waals surface area contributed by atoms with Crippen molar-refractivity contribution in [2.75, 3.05) is 6.54 Å². The zero-order chi connectivity index (χ0) is 7.11. The Morgan fingerprint density at radius 2 is 2.22 bits per heavy atom. The van der Waals surface area contributed by atoms with Gasteiger partial charge >= 0.3 is 0 Å². The van der Waals surface area contributed by atoms with Gasteiger partial charge in [-0.05, 0) is 26.8 Å². The molecule has 0 saturated heterocycles. The lowest BCUT2D eigenvalue weighted by Gasteiger charge is -2.06. The summed E-state index contributed by atoms with van der Waals surface area (Å²) < 4.78 is 0. The number of hydrogen-bond donors (Lipinski definition) is 1. The zero-order valence-electron chi connectivity index (χ0n) is 6.65. The average molecular weight is 127 g/mol. The molecule has 1 atom stereocenters. The zero-order valence-corrected chi connectivity index (χ0v) is 6.65. The Balaban J connectivity index is 3.15. The molecule has 0 aliphatic carbocycles. The average Bonchev–Trinajstić information content (AvgIpc) is 1.85. The molecule has 0 spiro atoms. The highest BCUT2D eigenvalue weighted by Gasteiger charge is 1.89. The van der Waals surface area contributed by atoms with Crippen LogP contribution in [0.1, 0.15) is 27.2 Å². The Morgan fingerprint density at radius 1 is 1.56 bits per heavy atom. The van der Waals surface area contributed by atoms with Crippen molar-refractivity contribution in [2.45, 2.75) is 33.2 Å². The Bertz CT molecular complexity index is 76.6. The van der Waals surface area contributed by atoms with Gasteiger partial charge in [0.05, 0.1) is 0 Å². The highest BCUT2D eigenvalue weighted by Crippen LogP contribution is 1.83. The second-order valence-electron chi connectivity index (χ2n) is 2.27. The lowest BCUT2D eigenvalue weighted by atomic mass is 10.3. The van der Waals surface area contributed by atoms with Crippen molar-refractivity contribution in [3.05, 3.63) is 12.2 Å². The van der Waals surface area contributed by atoms with Crippen molar-refractivity contribution in [3.8, 4) is 0 Å². The molecule has 1 unspecified atom stereocenters. The van der Waals surface area contributed by atoms with Gasteiger partial charge in [0.25, 0.3) is 0 Å². The van der Waals surface area contributed by atoms with Gasteiger partial charge in [-0.2, -0.15) is 0 Å². The summed E-state index contributed by atoms with van der Waals surface area (Å²) in [5.41, 5.74) is 0. The summed E-state index contributed by atoms with van der Waals surface area (Å²) in [6.45, 7) is 7.50. The molecule has 0 bridgehead atoms. The first kappa shape index (κ1) is 8.70. The van der Waals surface area contributed by atoms with Gasteiger partial charge in [0.15, 0.2) is 0 Å². The van der Waals surface area contributed by atoms with Crippen LogP contribution in [0.2, 0.25) is 0 Å². The van der Waals surface area contributed by atoms with Crippen molar-refractivity contribution in [2.24, 2.45) is 0 Å². The monoisotopic (exact) mass is 127 g/mol. The number of allylic oxidation sites excluding steroid dienone is 1. The summed E-state index contributed by atoms with van der Waals surface area (Å²) in [6, 6.07) is 0.537. The van der Waals surface area contributed by atoms with Gasteiger partial charge in [0, 0.05) is 6.04 Å².